The van der Waals surface area contributed by atoms with Crippen molar-refractivity contribution in [2.45, 2.75) is 43.4 Å². The lowest BCUT2D eigenvalue weighted by molar-refractivity contribution is -0.148. The van der Waals surface area contributed by atoms with Crippen LogP contribution in [0.5, 0.6) is 0 Å². The number of ether oxygens (including phenoxy) is 2. The molecule has 4 nitrogen and oxygen atoms in total. The first-order valence-corrected chi connectivity index (χ1v) is 7.03. The van der Waals surface area contributed by atoms with Crippen molar-refractivity contribution < 1.29 is 9.47 Å². The standard InChI is InChI=1S/C13H22N2O2/c1-3-12(9-16-5-1)7-14-10(12)11-13(8-15-11)4-2-6-17-13/h10-11,14-15H,1-9H2. The third-order valence-electron chi connectivity index (χ3n) is 5.34. The van der Waals surface area contributed by atoms with E-state index in [1.165, 1.54) is 25.7 Å². The van der Waals surface area contributed by atoms with Gasteiger partial charge < -0.3 is 20.1 Å². The van der Waals surface area contributed by atoms with Crippen LogP contribution in [-0.2, 0) is 9.47 Å². The van der Waals surface area contributed by atoms with Gasteiger partial charge in [0, 0.05) is 37.8 Å². The van der Waals surface area contributed by atoms with Gasteiger partial charge in [-0.2, -0.15) is 0 Å². The molecular weight excluding hydrogens is 216 g/mol. The Morgan fingerprint density at radius 1 is 0.941 bits per heavy atom. The van der Waals surface area contributed by atoms with Gasteiger partial charge in [-0.15, -0.1) is 0 Å². The molecule has 0 saturated carbocycles. The third-order valence-corrected chi connectivity index (χ3v) is 5.34. The van der Waals surface area contributed by atoms with Crippen molar-refractivity contribution in [3.63, 3.8) is 0 Å². The van der Waals surface area contributed by atoms with Crippen LogP contribution in [0.4, 0.5) is 0 Å². The molecule has 2 N–H and O–H groups in total. The molecule has 0 aliphatic carbocycles. The normalized spacial score (nSPS) is 53.6. The number of hydrogen-bond acceptors (Lipinski definition) is 4. The molecule has 0 bridgehead atoms. The lowest BCUT2D eigenvalue weighted by Gasteiger charge is -2.62. The van der Waals surface area contributed by atoms with E-state index in [1.54, 1.807) is 0 Å². The van der Waals surface area contributed by atoms with Crippen molar-refractivity contribution in [1.29, 1.82) is 0 Å². The molecule has 0 aromatic heterocycles. The van der Waals surface area contributed by atoms with Crippen LogP contribution in [0.15, 0.2) is 0 Å². The predicted octanol–water partition coefficient (Wildman–Crippen LogP) is 0.276. The molecule has 4 atom stereocenters. The minimum Gasteiger partial charge on any atom is -0.381 e. The van der Waals surface area contributed by atoms with E-state index in [9.17, 15) is 0 Å². The largest absolute Gasteiger partial charge is 0.381 e. The van der Waals surface area contributed by atoms with Crippen LogP contribution in [0.2, 0.25) is 0 Å². The fraction of sp³-hybridized carbons (Fsp3) is 1.00. The van der Waals surface area contributed by atoms with E-state index in [1.807, 2.05) is 0 Å². The van der Waals surface area contributed by atoms with Crippen LogP contribution in [0, 0.1) is 5.41 Å². The highest BCUT2D eigenvalue weighted by Crippen LogP contribution is 2.46. The zero-order valence-corrected chi connectivity index (χ0v) is 10.3. The number of rotatable bonds is 1. The third kappa shape index (κ3) is 1.38. The van der Waals surface area contributed by atoms with Gasteiger partial charge in [-0.25, -0.2) is 0 Å². The summed E-state index contributed by atoms with van der Waals surface area (Å²) in [7, 11) is 0. The van der Waals surface area contributed by atoms with Gasteiger partial charge in [0.2, 0.25) is 0 Å². The Morgan fingerprint density at radius 3 is 2.35 bits per heavy atom. The quantitative estimate of drug-likeness (QED) is 0.688. The minimum absolute atomic E-state index is 0.155. The zero-order valence-electron chi connectivity index (χ0n) is 10.3. The van der Waals surface area contributed by atoms with Crippen molar-refractivity contribution in [2.24, 2.45) is 5.41 Å². The average Bonchev–Trinajstić information content (AvgIpc) is 2.86. The Bertz CT molecular complexity index is 309. The van der Waals surface area contributed by atoms with Crippen molar-refractivity contribution in [2.75, 3.05) is 32.9 Å². The molecule has 96 valence electrons. The summed E-state index contributed by atoms with van der Waals surface area (Å²) in [6.45, 7) is 5.03. The zero-order chi connectivity index (χ0) is 11.3. The first-order valence-electron chi connectivity index (χ1n) is 7.03. The molecule has 4 aliphatic heterocycles. The van der Waals surface area contributed by atoms with E-state index in [4.69, 9.17) is 9.47 Å². The molecule has 0 aromatic carbocycles. The topological polar surface area (TPSA) is 42.5 Å². The van der Waals surface area contributed by atoms with Gasteiger partial charge in [0.05, 0.1) is 18.2 Å². The molecule has 2 spiro atoms. The van der Waals surface area contributed by atoms with Gasteiger partial charge in [-0.05, 0) is 25.7 Å². The molecular formula is C13H22N2O2. The molecule has 0 aromatic rings. The fourth-order valence-corrected chi connectivity index (χ4v) is 4.21. The molecule has 4 rings (SSSR count). The van der Waals surface area contributed by atoms with E-state index >= 15 is 0 Å². The predicted molar refractivity (Wildman–Crippen MR) is 64.0 cm³/mol. The van der Waals surface area contributed by atoms with Crippen molar-refractivity contribution in [3.05, 3.63) is 0 Å². The first kappa shape index (κ1) is 10.7. The summed E-state index contributed by atoms with van der Waals surface area (Å²) in [5.41, 5.74) is 0.553. The van der Waals surface area contributed by atoms with Gasteiger partial charge in [0.15, 0.2) is 0 Å². The summed E-state index contributed by atoms with van der Waals surface area (Å²) >= 11 is 0. The summed E-state index contributed by atoms with van der Waals surface area (Å²) in [6, 6.07) is 1.08. The maximum atomic E-state index is 6.04. The molecule has 4 fully saturated rings. The second-order valence-corrected chi connectivity index (χ2v) is 6.25. The lowest BCUT2D eigenvalue weighted by atomic mass is 9.62. The highest BCUT2D eigenvalue weighted by molar-refractivity contribution is 5.19. The van der Waals surface area contributed by atoms with Crippen molar-refractivity contribution in [3.8, 4) is 0 Å². The Kier molecular flexibility index (Phi) is 2.32. The highest BCUT2D eigenvalue weighted by Gasteiger charge is 2.61. The van der Waals surface area contributed by atoms with Crippen molar-refractivity contribution in [1.82, 2.24) is 10.6 Å². The van der Waals surface area contributed by atoms with Crippen LogP contribution in [-0.4, -0.2) is 50.6 Å². The van der Waals surface area contributed by atoms with E-state index in [0.29, 0.717) is 17.5 Å². The first-order chi connectivity index (χ1) is 8.35. The Morgan fingerprint density at radius 2 is 1.82 bits per heavy atom. The second-order valence-electron chi connectivity index (χ2n) is 6.25. The van der Waals surface area contributed by atoms with Gasteiger partial charge in [0.25, 0.3) is 0 Å². The molecule has 0 amide bonds. The van der Waals surface area contributed by atoms with Crippen LogP contribution < -0.4 is 10.6 Å². The number of nitrogens with one attached hydrogen (secondary N) is 2. The smallest absolute Gasteiger partial charge is 0.0974 e. The lowest BCUT2D eigenvalue weighted by Crippen LogP contribution is -2.82. The molecule has 4 aliphatic rings. The van der Waals surface area contributed by atoms with E-state index in [-0.39, 0.29) is 5.60 Å². The summed E-state index contributed by atoms with van der Waals surface area (Å²) < 4.78 is 11.8. The monoisotopic (exact) mass is 238 g/mol. The van der Waals surface area contributed by atoms with Crippen molar-refractivity contribution >= 4 is 0 Å². The van der Waals surface area contributed by atoms with Gasteiger partial charge in [-0.1, -0.05) is 0 Å². The van der Waals surface area contributed by atoms with E-state index < -0.39 is 0 Å². The van der Waals surface area contributed by atoms with Gasteiger partial charge in [-0.3, -0.25) is 0 Å². The Labute approximate surface area is 102 Å². The van der Waals surface area contributed by atoms with Crippen LogP contribution in [0.1, 0.15) is 25.7 Å². The van der Waals surface area contributed by atoms with Gasteiger partial charge >= 0.3 is 0 Å². The van der Waals surface area contributed by atoms with Crippen LogP contribution >= 0.6 is 0 Å². The molecule has 4 heteroatoms. The van der Waals surface area contributed by atoms with E-state index in [0.717, 1.165) is 32.9 Å². The van der Waals surface area contributed by atoms with Gasteiger partial charge in [0.1, 0.15) is 0 Å². The molecule has 0 radical (unpaired) electrons. The maximum Gasteiger partial charge on any atom is 0.0974 e. The van der Waals surface area contributed by atoms with Crippen LogP contribution in [0.3, 0.4) is 0 Å². The molecule has 4 heterocycles. The summed E-state index contributed by atoms with van der Waals surface area (Å²) in [5.74, 6) is 0. The molecule has 4 unspecified atom stereocenters. The minimum atomic E-state index is 0.155. The molecule has 4 saturated heterocycles. The Balaban J connectivity index is 1.51. The Hall–Kier alpha value is -0.160. The number of hydrogen-bond donors (Lipinski definition) is 2. The average molecular weight is 238 g/mol. The summed E-state index contributed by atoms with van der Waals surface area (Å²) in [5, 5.41) is 7.25. The maximum absolute atomic E-state index is 6.04. The molecule has 17 heavy (non-hydrogen) atoms. The highest BCUT2D eigenvalue weighted by atomic mass is 16.5. The fourth-order valence-electron chi connectivity index (χ4n) is 4.21. The summed E-state index contributed by atoms with van der Waals surface area (Å²) in [4.78, 5) is 0. The second kappa shape index (κ2) is 3.67. The summed E-state index contributed by atoms with van der Waals surface area (Å²) in [6.07, 6.45) is 5.01. The van der Waals surface area contributed by atoms with E-state index in [2.05, 4.69) is 10.6 Å². The van der Waals surface area contributed by atoms with Crippen LogP contribution in [0.25, 0.3) is 0 Å². The SMILES string of the molecule is C1COCC2(C1)CNC2C1NCC12CCCO2.